The van der Waals surface area contributed by atoms with Gasteiger partial charge in [-0.25, -0.2) is 22.0 Å². The zero-order valence-corrected chi connectivity index (χ0v) is 12.9. The minimum absolute atomic E-state index is 0.0626. The van der Waals surface area contributed by atoms with Crippen LogP contribution in [0.4, 0.5) is 5.69 Å². The van der Waals surface area contributed by atoms with E-state index in [1.165, 1.54) is 36.4 Å². The third-order valence-corrected chi connectivity index (χ3v) is 5.33. The van der Waals surface area contributed by atoms with Gasteiger partial charge in [-0.1, -0.05) is 29.8 Å². The molecule has 0 heterocycles. The molecule has 0 aliphatic carbocycles. The number of rotatable bonds is 4. The van der Waals surface area contributed by atoms with E-state index < -0.39 is 20.0 Å². The Morgan fingerprint density at radius 3 is 2.24 bits per heavy atom. The van der Waals surface area contributed by atoms with Crippen molar-refractivity contribution >= 4 is 37.3 Å². The molecule has 0 atom stereocenters. The molecule has 0 aromatic heterocycles. The zero-order valence-electron chi connectivity index (χ0n) is 10.5. The first-order chi connectivity index (χ1) is 9.70. The van der Waals surface area contributed by atoms with Crippen molar-refractivity contribution < 1.29 is 16.8 Å². The molecule has 0 bridgehead atoms. The molecule has 0 aliphatic rings. The van der Waals surface area contributed by atoms with E-state index in [1.807, 2.05) is 0 Å². The number of sulfonamides is 2. The molecule has 0 aliphatic heterocycles. The van der Waals surface area contributed by atoms with Gasteiger partial charge in [-0.3, -0.25) is 4.72 Å². The SMILES string of the molecule is NS(=O)(=O)c1cccc(NS(=O)(=O)c2ccccc2Cl)c1. The van der Waals surface area contributed by atoms with Gasteiger partial charge < -0.3 is 0 Å². The maximum Gasteiger partial charge on any atom is 0.263 e. The summed E-state index contributed by atoms with van der Waals surface area (Å²) < 4.78 is 49.2. The van der Waals surface area contributed by atoms with E-state index in [2.05, 4.69) is 4.72 Å². The van der Waals surface area contributed by atoms with Crippen LogP contribution in [0, 0.1) is 0 Å². The Morgan fingerprint density at radius 1 is 0.952 bits per heavy atom. The molecule has 0 unspecified atom stereocenters. The first-order valence-corrected chi connectivity index (χ1v) is 9.01. The predicted octanol–water partition coefficient (Wildman–Crippen LogP) is 1.79. The summed E-state index contributed by atoms with van der Waals surface area (Å²) >= 11 is 5.84. The fourth-order valence-electron chi connectivity index (χ4n) is 1.61. The monoisotopic (exact) mass is 346 g/mol. The second-order valence-electron chi connectivity index (χ2n) is 4.11. The molecule has 0 spiro atoms. The molecule has 3 N–H and O–H groups in total. The molecular weight excluding hydrogens is 336 g/mol. The van der Waals surface area contributed by atoms with Gasteiger partial charge in [-0.05, 0) is 30.3 Å². The minimum atomic E-state index is -3.92. The molecular formula is C12H11ClN2O4S2. The molecule has 21 heavy (non-hydrogen) atoms. The Morgan fingerprint density at radius 2 is 1.62 bits per heavy atom. The topological polar surface area (TPSA) is 106 Å². The van der Waals surface area contributed by atoms with Crippen molar-refractivity contribution in [2.24, 2.45) is 5.14 Å². The highest BCUT2D eigenvalue weighted by molar-refractivity contribution is 7.92. The molecule has 0 saturated carbocycles. The molecule has 2 rings (SSSR count). The van der Waals surface area contributed by atoms with Gasteiger partial charge in [0.1, 0.15) is 4.90 Å². The Balaban J connectivity index is 2.41. The molecule has 0 saturated heterocycles. The van der Waals surface area contributed by atoms with E-state index in [4.69, 9.17) is 16.7 Å². The summed E-state index contributed by atoms with van der Waals surface area (Å²) in [6, 6.07) is 11.1. The number of hydrogen-bond donors (Lipinski definition) is 2. The molecule has 9 heteroatoms. The van der Waals surface area contributed by atoms with E-state index in [0.29, 0.717) is 0 Å². The third kappa shape index (κ3) is 3.73. The Bertz CT molecular complexity index is 880. The van der Waals surface area contributed by atoms with Crippen LogP contribution < -0.4 is 9.86 Å². The van der Waals surface area contributed by atoms with Gasteiger partial charge in [0.05, 0.1) is 15.6 Å². The van der Waals surface area contributed by atoms with Crippen molar-refractivity contribution in [2.45, 2.75) is 9.79 Å². The molecule has 6 nitrogen and oxygen atoms in total. The fourth-order valence-corrected chi connectivity index (χ4v) is 3.74. The Labute approximate surface area is 127 Å². The standard InChI is InChI=1S/C12H11ClN2O4S2/c13-11-6-1-2-7-12(11)21(18,19)15-9-4-3-5-10(8-9)20(14,16)17/h1-8,15H,(H2,14,16,17). The lowest BCUT2D eigenvalue weighted by molar-refractivity contribution is 0.596. The van der Waals surface area contributed by atoms with Crippen molar-refractivity contribution in [3.05, 3.63) is 53.6 Å². The number of primary sulfonamides is 1. The molecule has 2 aromatic rings. The highest BCUT2D eigenvalue weighted by atomic mass is 35.5. The Hall–Kier alpha value is -1.61. The van der Waals surface area contributed by atoms with Crippen molar-refractivity contribution in [1.82, 2.24) is 0 Å². The van der Waals surface area contributed by atoms with Gasteiger partial charge in [0.25, 0.3) is 10.0 Å². The molecule has 2 aromatic carbocycles. The maximum atomic E-state index is 12.2. The maximum absolute atomic E-state index is 12.2. The van der Waals surface area contributed by atoms with Crippen LogP contribution in [0.5, 0.6) is 0 Å². The molecule has 0 amide bonds. The summed E-state index contributed by atoms with van der Waals surface area (Å²) in [5, 5.41) is 5.06. The van der Waals surface area contributed by atoms with Gasteiger partial charge >= 0.3 is 0 Å². The van der Waals surface area contributed by atoms with E-state index >= 15 is 0 Å². The number of nitrogens with one attached hydrogen (secondary N) is 1. The average molecular weight is 347 g/mol. The Kier molecular flexibility index (Phi) is 4.24. The molecule has 112 valence electrons. The smallest absolute Gasteiger partial charge is 0.263 e. The van der Waals surface area contributed by atoms with Gasteiger partial charge in [0.15, 0.2) is 0 Å². The van der Waals surface area contributed by atoms with E-state index in [1.54, 1.807) is 6.07 Å². The third-order valence-electron chi connectivity index (χ3n) is 2.54. The van der Waals surface area contributed by atoms with Crippen molar-refractivity contribution in [3.8, 4) is 0 Å². The predicted molar refractivity (Wildman–Crippen MR) is 80.1 cm³/mol. The summed E-state index contributed by atoms with van der Waals surface area (Å²) in [5.74, 6) is 0. The summed E-state index contributed by atoms with van der Waals surface area (Å²) in [7, 11) is -7.84. The lowest BCUT2D eigenvalue weighted by Gasteiger charge is -2.10. The highest BCUT2D eigenvalue weighted by Crippen LogP contribution is 2.24. The van der Waals surface area contributed by atoms with Crippen LogP contribution in [0.3, 0.4) is 0 Å². The van der Waals surface area contributed by atoms with Crippen molar-refractivity contribution in [1.29, 1.82) is 0 Å². The number of hydrogen-bond acceptors (Lipinski definition) is 4. The number of benzene rings is 2. The summed E-state index contributed by atoms with van der Waals surface area (Å²) in [5.41, 5.74) is 0.0708. The van der Waals surface area contributed by atoms with Gasteiger partial charge in [-0.15, -0.1) is 0 Å². The normalized spacial score (nSPS) is 12.1. The largest absolute Gasteiger partial charge is 0.280 e. The van der Waals surface area contributed by atoms with Gasteiger partial charge in [0, 0.05) is 0 Å². The van der Waals surface area contributed by atoms with Crippen LogP contribution in [-0.4, -0.2) is 16.8 Å². The number of nitrogens with two attached hydrogens (primary N) is 1. The van der Waals surface area contributed by atoms with E-state index in [0.717, 1.165) is 6.07 Å². The lowest BCUT2D eigenvalue weighted by Crippen LogP contribution is -2.15. The number of anilines is 1. The van der Waals surface area contributed by atoms with Crippen LogP contribution >= 0.6 is 11.6 Å². The quantitative estimate of drug-likeness (QED) is 0.880. The number of halogens is 1. The van der Waals surface area contributed by atoms with Gasteiger partial charge in [-0.2, -0.15) is 0 Å². The molecule has 0 radical (unpaired) electrons. The highest BCUT2D eigenvalue weighted by Gasteiger charge is 2.18. The van der Waals surface area contributed by atoms with Crippen LogP contribution in [0.2, 0.25) is 5.02 Å². The average Bonchev–Trinajstić information content (AvgIpc) is 2.37. The lowest BCUT2D eigenvalue weighted by atomic mass is 10.3. The van der Waals surface area contributed by atoms with Crippen LogP contribution in [0.15, 0.2) is 58.3 Å². The first-order valence-electron chi connectivity index (χ1n) is 5.60. The van der Waals surface area contributed by atoms with Crippen LogP contribution in [0.25, 0.3) is 0 Å². The first kappa shape index (κ1) is 15.8. The van der Waals surface area contributed by atoms with Crippen molar-refractivity contribution in [3.63, 3.8) is 0 Å². The minimum Gasteiger partial charge on any atom is -0.280 e. The van der Waals surface area contributed by atoms with E-state index in [-0.39, 0.29) is 20.5 Å². The van der Waals surface area contributed by atoms with Crippen LogP contribution in [-0.2, 0) is 20.0 Å². The van der Waals surface area contributed by atoms with Gasteiger partial charge in [0.2, 0.25) is 10.0 Å². The second kappa shape index (κ2) is 5.64. The molecule has 0 fully saturated rings. The van der Waals surface area contributed by atoms with Crippen LogP contribution in [0.1, 0.15) is 0 Å². The summed E-state index contributed by atoms with van der Waals surface area (Å²) in [6.45, 7) is 0. The summed E-state index contributed by atoms with van der Waals surface area (Å²) in [6.07, 6.45) is 0. The fraction of sp³-hybridized carbons (Fsp3) is 0. The van der Waals surface area contributed by atoms with E-state index in [9.17, 15) is 16.8 Å². The summed E-state index contributed by atoms with van der Waals surface area (Å²) in [4.78, 5) is -0.297. The van der Waals surface area contributed by atoms with Crippen molar-refractivity contribution in [2.75, 3.05) is 4.72 Å². The second-order valence-corrected chi connectivity index (χ2v) is 7.73. The zero-order chi connectivity index (χ0) is 15.7.